The molecule has 3 nitrogen and oxygen atoms in total. The van der Waals surface area contributed by atoms with Gasteiger partial charge in [0.05, 0.1) is 39.1 Å². The van der Waals surface area contributed by atoms with Crippen molar-refractivity contribution in [3.63, 3.8) is 0 Å². The standard InChI is InChI=1S/C73H48BN3/c1-5-23-48(24-6-1)52-41-54-42-53-44-69(75-65-37-19-14-32-56(65)57-33-15-20-38-66(57)75)60(50-27-9-3-10-28-50)45-62(53)74-63-46-61(51-29-11-4-12-30-51)70(76-67-39-21-16-34-58(67)59-35-17-22-40-68(59)76)47-71(63)77(72(43-52)73(54)74)64-36-18-13-31-55(64)49-25-7-2-8-26-49/h1-41,43-47H,42H2. The van der Waals surface area contributed by atoms with Gasteiger partial charge >= 0.3 is 0 Å². The highest BCUT2D eigenvalue weighted by Crippen LogP contribution is 2.48. The van der Waals surface area contributed by atoms with E-state index in [9.17, 15) is 0 Å². The molecule has 2 aliphatic heterocycles. The summed E-state index contributed by atoms with van der Waals surface area (Å²) in [5.74, 6) is 0. The van der Waals surface area contributed by atoms with E-state index in [-0.39, 0.29) is 6.71 Å². The minimum absolute atomic E-state index is 0.104. The Hall–Kier alpha value is -9.90. The molecule has 0 fully saturated rings. The van der Waals surface area contributed by atoms with Gasteiger partial charge in [0.2, 0.25) is 6.71 Å². The third kappa shape index (κ3) is 6.72. The van der Waals surface area contributed by atoms with Gasteiger partial charge in [0.25, 0.3) is 0 Å². The normalized spacial score (nSPS) is 12.6. The molecule has 358 valence electrons. The van der Waals surface area contributed by atoms with E-state index >= 15 is 0 Å². The SMILES string of the molecule is c1ccc(-c2cc3c4c(c2)N(c2ccccc2-c2ccccc2)c2cc(-n5c6ccccc6c6ccccc65)c(-c5ccccc5)cc2B4c2cc(-c4ccccc4)c(-n4c5ccccc5c5ccccc54)cc2C3)cc1. The molecule has 0 saturated heterocycles. The molecule has 2 aliphatic rings. The molecule has 12 aromatic carbocycles. The van der Waals surface area contributed by atoms with E-state index in [1.54, 1.807) is 0 Å². The molecular weight excluding hydrogens is 930 g/mol. The van der Waals surface area contributed by atoms with Crippen LogP contribution in [0.4, 0.5) is 17.1 Å². The smallest absolute Gasteiger partial charge is 0.247 e. The third-order valence-electron chi connectivity index (χ3n) is 16.6. The molecule has 2 aromatic heterocycles. The van der Waals surface area contributed by atoms with E-state index in [2.05, 4.69) is 293 Å². The van der Waals surface area contributed by atoms with Gasteiger partial charge in [0.1, 0.15) is 0 Å². The van der Waals surface area contributed by atoms with Crippen molar-refractivity contribution in [2.45, 2.75) is 6.42 Å². The number of aromatic nitrogens is 2. The predicted octanol–water partition coefficient (Wildman–Crippen LogP) is 16.8. The van der Waals surface area contributed by atoms with Gasteiger partial charge in [0.15, 0.2) is 0 Å². The van der Waals surface area contributed by atoms with E-state index in [0.717, 1.165) is 17.8 Å². The minimum Gasteiger partial charge on any atom is -0.311 e. The lowest BCUT2D eigenvalue weighted by Gasteiger charge is -2.42. The van der Waals surface area contributed by atoms with Crippen molar-refractivity contribution < 1.29 is 0 Å². The van der Waals surface area contributed by atoms with Gasteiger partial charge in [-0.15, -0.1) is 0 Å². The van der Waals surface area contributed by atoms with Crippen LogP contribution in [-0.4, -0.2) is 15.8 Å². The molecule has 77 heavy (non-hydrogen) atoms. The molecule has 0 amide bonds. The van der Waals surface area contributed by atoms with Crippen molar-refractivity contribution in [2.24, 2.45) is 0 Å². The minimum atomic E-state index is -0.104. The average molecular weight is 978 g/mol. The second-order valence-electron chi connectivity index (χ2n) is 20.7. The maximum atomic E-state index is 2.63. The zero-order valence-corrected chi connectivity index (χ0v) is 42.2. The predicted molar refractivity (Wildman–Crippen MR) is 325 cm³/mol. The molecular formula is C73H48BN3. The van der Waals surface area contributed by atoms with Gasteiger partial charge in [-0.1, -0.05) is 236 Å². The molecule has 0 spiro atoms. The first-order valence-corrected chi connectivity index (χ1v) is 26.8. The molecule has 4 heterocycles. The van der Waals surface area contributed by atoms with Gasteiger partial charge < -0.3 is 14.0 Å². The molecule has 16 rings (SSSR count). The molecule has 0 aliphatic carbocycles. The zero-order valence-electron chi connectivity index (χ0n) is 42.2. The second-order valence-corrected chi connectivity index (χ2v) is 20.7. The highest BCUT2D eigenvalue weighted by atomic mass is 15.2. The van der Waals surface area contributed by atoms with E-state index in [4.69, 9.17) is 0 Å². The highest BCUT2D eigenvalue weighted by molar-refractivity contribution is 6.99. The number of anilines is 3. The van der Waals surface area contributed by atoms with Crippen LogP contribution >= 0.6 is 0 Å². The maximum Gasteiger partial charge on any atom is 0.247 e. The molecule has 0 atom stereocenters. The molecule has 14 aromatic rings. The van der Waals surface area contributed by atoms with E-state index in [1.807, 2.05) is 0 Å². The Kier molecular flexibility index (Phi) is 9.80. The number of rotatable bonds is 7. The molecule has 0 bridgehead atoms. The lowest BCUT2D eigenvalue weighted by Crippen LogP contribution is -2.61. The Morgan fingerprint density at radius 3 is 1.19 bits per heavy atom. The van der Waals surface area contributed by atoms with Gasteiger partial charge in [-0.2, -0.15) is 0 Å². The molecule has 0 radical (unpaired) electrons. The number of benzene rings is 12. The van der Waals surface area contributed by atoms with Crippen LogP contribution in [0.1, 0.15) is 11.1 Å². The van der Waals surface area contributed by atoms with Crippen LogP contribution in [0.25, 0.3) is 99.5 Å². The van der Waals surface area contributed by atoms with E-state index < -0.39 is 0 Å². The quantitative estimate of drug-likeness (QED) is 0.145. The fraction of sp³-hybridized carbons (Fsp3) is 0.0137. The highest BCUT2D eigenvalue weighted by Gasteiger charge is 2.43. The van der Waals surface area contributed by atoms with Crippen molar-refractivity contribution >= 4 is 83.8 Å². The lowest BCUT2D eigenvalue weighted by atomic mass is 9.31. The van der Waals surface area contributed by atoms with Crippen LogP contribution < -0.4 is 21.3 Å². The van der Waals surface area contributed by atoms with Crippen molar-refractivity contribution in [3.8, 4) is 55.9 Å². The van der Waals surface area contributed by atoms with Gasteiger partial charge in [-0.05, 0) is 105 Å². The maximum absolute atomic E-state index is 2.63. The lowest BCUT2D eigenvalue weighted by molar-refractivity contribution is 1.14. The van der Waals surface area contributed by atoms with Crippen molar-refractivity contribution in [2.75, 3.05) is 4.90 Å². The van der Waals surface area contributed by atoms with E-state index in [0.29, 0.717) is 0 Å². The summed E-state index contributed by atoms with van der Waals surface area (Å²) >= 11 is 0. The summed E-state index contributed by atoms with van der Waals surface area (Å²) in [4.78, 5) is 2.63. The molecule has 4 heteroatoms. The van der Waals surface area contributed by atoms with E-state index in [1.165, 1.54) is 133 Å². The second kappa shape index (κ2) is 17.3. The number of para-hydroxylation sites is 5. The molecule has 0 saturated carbocycles. The zero-order chi connectivity index (χ0) is 50.6. The Morgan fingerprint density at radius 2 is 0.675 bits per heavy atom. The Balaban J connectivity index is 1.06. The van der Waals surface area contributed by atoms with Crippen LogP contribution in [0, 0.1) is 0 Å². The van der Waals surface area contributed by atoms with Gasteiger partial charge in [-0.25, -0.2) is 0 Å². The Morgan fingerprint density at radius 1 is 0.260 bits per heavy atom. The summed E-state index contributed by atoms with van der Waals surface area (Å²) in [5, 5.41) is 4.99. The number of hydrogen-bond donors (Lipinski definition) is 0. The largest absolute Gasteiger partial charge is 0.311 e. The van der Waals surface area contributed by atoms with Crippen molar-refractivity contribution in [1.29, 1.82) is 0 Å². The number of nitrogens with zero attached hydrogens (tertiary/aromatic N) is 3. The van der Waals surface area contributed by atoms with Crippen molar-refractivity contribution in [1.82, 2.24) is 9.13 Å². The van der Waals surface area contributed by atoms with Crippen LogP contribution in [0.2, 0.25) is 0 Å². The summed E-state index contributed by atoms with van der Waals surface area (Å²) < 4.78 is 5.05. The summed E-state index contributed by atoms with van der Waals surface area (Å²) in [6.07, 6.45) is 0.780. The molecule has 0 unspecified atom stereocenters. The Bertz CT molecular complexity index is 4540. The summed E-state index contributed by atoms with van der Waals surface area (Å²) in [7, 11) is 0. The van der Waals surface area contributed by atoms with Crippen LogP contribution in [0.3, 0.4) is 0 Å². The number of fused-ring (bicyclic) bond motifs is 10. The summed E-state index contributed by atoms with van der Waals surface area (Å²) in [5.41, 5.74) is 26.8. The van der Waals surface area contributed by atoms with Crippen LogP contribution in [-0.2, 0) is 6.42 Å². The van der Waals surface area contributed by atoms with Crippen LogP contribution in [0.15, 0.2) is 279 Å². The Labute approximate surface area is 447 Å². The topological polar surface area (TPSA) is 13.1 Å². The summed E-state index contributed by atoms with van der Waals surface area (Å²) in [6.45, 7) is -0.104. The fourth-order valence-electron chi connectivity index (χ4n) is 13.3. The van der Waals surface area contributed by atoms with Gasteiger partial charge in [-0.3, -0.25) is 0 Å². The fourth-order valence-corrected chi connectivity index (χ4v) is 13.3. The first-order valence-electron chi connectivity index (χ1n) is 26.8. The van der Waals surface area contributed by atoms with Crippen molar-refractivity contribution in [3.05, 3.63) is 290 Å². The van der Waals surface area contributed by atoms with Crippen LogP contribution in [0.5, 0.6) is 0 Å². The van der Waals surface area contributed by atoms with Gasteiger partial charge in [0, 0.05) is 49.6 Å². The summed E-state index contributed by atoms with van der Waals surface area (Å²) in [6, 6.07) is 104. The first kappa shape index (κ1) is 43.5. The monoisotopic (exact) mass is 977 g/mol. The number of hydrogen-bond acceptors (Lipinski definition) is 1. The molecule has 0 N–H and O–H groups in total. The average Bonchev–Trinajstić information content (AvgIpc) is 4.08. The third-order valence-corrected chi connectivity index (χ3v) is 16.6. The first-order chi connectivity index (χ1) is 38.2.